The van der Waals surface area contributed by atoms with E-state index >= 15 is 0 Å². The fourth-order valence-corrected chi connectivity index (χ4v) is 3.40. The summed E-state index contributed by atoms with van der Waals surface area (Å²) in [5.74, 6) is 0.840. The summed E-state index contributed by atoms with van der Waals surface area (Å²) in [6.45, 7) is 2.98. The lowest BCUT2D eigenvalue weighted by Gasteiger charge is -2.35. The molecule has 1 amide bonds. The largest absolute Gasteiger partial charge is 0.338 e. The van der Waals surface area contributed by atoms with E-state index in [9.17, 15) is 4.79 Å². The number of rotatable bonds is 2. The topological polar surface area (TPSA) is 32.3 Å². The Morgan fingerprint density at radius 3 is 2.74 bits per heavy atom. The minimum atomic E-state index is 0.197. The van der Waals surface area contributed by atoms with Crippen molar-refractivity contribution < 1.29 is 4.79 Å². The van der Waals surface area contributed by atoms with Gasteiger partial charge in [0.1, 0.15) is 0 Å². The summed E-state index contributed by atoms with van der Waals surface area (Å²) in [6.07, 6.45) is 4.96. The maximum atomic E-state index is 12.5. The van der Waals surface area contributed by atoms with Crippen LogP contribution in [0.1, 0.15) is 36.0 Å². The van der Waals surface area contributed by atoms with Gasteiger partial charge in [0.25, 0.3) is 5.91 Å². The van der Waals surface area contributed by atoms with Crippen LogP contribution in [0.5, 0.6) is 0 Å². The third-order valence-corrected chi connectivity index (χ3v) is 4.43. The summed E-state index contributed by atoms with van der Waals surface area (Å²) in [5, 5.41) is 3.59. The number of hydrogen-bond donors (Lipinski definition) is 1. The van der Waals surface area contributed by atoms with Gasteiger partial charge in [-0.2, -0.15) is 0 Å². The van der Waals surface area contributed by atoms with E-state index in [1.54, 1.807) is 0 Å². The summed E-state index contributed by atoms with van der Waals surface area (Å²) in [5.41, 5.74) is 0.822. The molecule has 2 aliphatic heterocycles. The molecule has 0 radical (unpaired) electrons. The maximum Gasteiger partial charge on any atom is 0.253 e. The van der Waals surface area contributed by atoms with Crippen LogP contribution in [-0.4, -0.2) is 36.5 Å². The predicted molar refractivity (Wildman–Crippen MR) is 76.1 cm³/mol. The standard InChI is InChI=1S/C16H22N2O/c19-16(13-6-2-1-3-7-13)18-11-5-8-14(12-18)15-9-4-10-17-15/h1-3,6-7,14-15,17H,4-5,8-12H2. The van der Waals surface area contributed by atoms with Crippen LogP contribution in [0.4, 0.5) is 0 Å². The number of nitrogens with one attached hydrogen (secondary N) is 1. The number of carbonyl (C=O) groups excluding carboxylic acids is 1. The lowest BCUT2D eigenvalue weighted by Crippen LogP contribution is -2.45. The number of carbonyl (C=O) groups is 1. The lowest BCUT2D eigenvalue weighted by atomic mass is 9.89. The Morgan fingerprint density at radius 1 is 1.16 bits per heavy atom. The first-order valence-electron chi connectivity index (χ1n) is 7.42. The van der Waals surface area contributed by atoms with E-state index in [-0.39, 0.29) is 5.91 Å². The van der Waals surface area contributed by atoms with E-state index < -0.39 is 0 Å². The molecule has 3 rings (SSSR count). The monoisotopic (exact) mass is 258 g/mol. The highest BCUT2D eigenvalue weighted by Crippen LogP contribution is 2.25. The molecule has 1 aromatic carbocycles. The molecule has 0 aromatic heterocycles. The van der Waals surface area contributed by atoms with Gasteiger partial charge in [0.15, 0.2) is 0 Å². The number of amides is 1. The number of piperidine rings is 1. The van der Waals surface area contributed by atoms with Crippen molar-refractivity contribution >= 4 is 5.91 Å². The molecule has 2 fully saturated rings. The van der Waals surface area contributed by atoms with Crippen LogP contribution < -0.4 is 5.32 Å². The Bertz CT molecular complexity index is 426. The van der Waals surface area contributed by atoms with Crippen LogP contribution in [0.3, 0.4) is 0 Å². The molecule has 3 heteroatoms. The van der Waals surface area contributed by atoms with Crippen LogP contribution in [-0.2, 0) is 0 Å². The van der Waals surface area contributed by atoms with Gasteiger partial charge in [0.2, 0.25) is 0 Å². The van der Waals surface area contributed by atoms with E-state index in [2.05, 4.69) is 5.32 Å². The Hall–Kier alpha value is -1.35. The predicted octanol–water partition coefficient (Wildman–Crippen LogP) is 2.29. The van der Waals surface area contributed by atoms with E-state index in [0.29, 0.717) is 12.0 Å². The number of nitrogens with zero attached hydrogens (tertiary/aromatic N) is 1. The number of hydrogen-bond acceptors (Lipinski definition) is 2. The van der Waals surface area contributed by atoms with E-state index in [4.69, 9.17) is 0 Å². The third kappa shape index (κ3) is 2.81. The molecule has 1 N–H and O–H groups in total. The molecule has 2 atom stereocenters. The average Bonchev–Trinajstić information content (AvgIpc) is 3.02. The Morgan fingerprint density at radius 2 is 2.00 bits per heavy atom. The minimum absolute atomic E-state index is 0.197. The molecule has 2 heterocycles. The van der Waals surface area contributed by atoms with Gasteiger partial charge < -0.3 is 10.2 Å². The zero-order valence-corrected chi connectivity index (χ0v) is 11.3. The van der Waals surface area contributed by atoms with Crippen molar-refractivity contribution in [2.45, 2.75) is 31.7 Å². The van der Waals surface area contributed by atoms with Gasteiger partial charge in [-0.3, -0.25) is 4.79 Å². The van der Waals surface area contributed by atoms with Crippen molar-refractivity contribution in [1.29, 1.82) is 0 Å². The van der Waals surface area contributed by atoms with Crippen molar-refractivity contribution in [3.05, 3.63) is 35.9 Å². The number of benzene rings is 1. The van der Waals surface area contributed by atoms with Crippen molar-refractivity contribution in [3.63, 3.8) is 0 Å². The molecule has 1 aromatic rings. The molecule has 19 heavy (non-hydrogen) atoms. The number of likely N-dealkylation sites (tertiary alicyclic amines) is 1. The summed E-state index contributed by atoms with van der Waals surface area (Å²) < 4.78 is 0. The first-order valence-corrected chi connectivity index (χ1v) is 7.42. The minimum Gasteiger partial charge on any atom is -0.338 e. The van der Waals surface area contributed by atoms with Gasteiger partial charge >= 0.3 is 0 Å². The SMILES string of the molecule is O=C(c1ccccc1)N1CCCC(C2CCCN2)C1. The Kier molecular flexibility index (Phi) is 3.83. The molecule has 0 spiro atoms. The molecular formula is C16H22N2O. The van der Waals surface area contributed by atoms with Crippen LogP contribution >= 0.6 is 0 Å². The quantitative estimate of drug-likeness (QED) is 0.882. The summed E-state index contributed by atoms with van der Waals surface area (Å²) in [7, 11) is 0. The maximum absolute atomic E-state index is 12.5. The van der Waals surface area contributed by atoms with Crippen LogP contribution in [0.25, 0.3) is 0 Å². The Balaban J connectivity index is 1.66. The molecule has 0 aliphatic carbocycles. The van der Waals surface area contributed by atoms with Crippen LogP contribution in [0.15, 0.2) is 30.3 Å². The van der Waals surface area contributed by atoms with Gasteiger partial charge in [0.05, 0.1) is 0 Å². The summed E-state index contributed by atoms with van der Waals surface area (Å²) >= 11 is 0. The van der Waals surface area contributed by atoms with Crippen molar-refractivity contribution in [2.24, 2.45) is 5.92 Å². The highest BCUT2D eigenvalue weighted by molar-refractivity contribution is 5.94. The molecule has 2 saturated heterocycles. The first-order chi connectivity index (χ1) is 9.34. The Labute approximate surface area is 115 Å². The van der Waals surface area contributed by atoms with E-state index in [1.807, 2.05) is 35.2 Å². The second-order valence-corrected chi connectivity index (χ2v) is 5.72. The molecule has 0 saturated carbocycles. The molecule has 0 bridgehead atoms. The second-order valence-electron chi connectivity index (χ2n) is 5.72. The first kappa shape index (κ1) is 12.7. The van der Waals surface area contributed by atoms with Gasteiger partial charge in [0, 0.05) is 24.7 Å². The highest BCUT2D eigenvalue weighted by atomic mass is 16.2. The van der Waals surface area contributed by atoms with Crippen LogP contribution in [0.2, 0.25) is 0 Å². The lowest BCUT2D eigenvalue weighted by molar-refractivity contribution is 0.0651. The average molecular weight is 258 g/mol. The van der Waals surface area contributed by atoms with Gasteiger partial charge in [-0.25, -0.2) is 0 Å². The molecule has 2 unspecified atom stereocenters. The summed E-state index contributed by atoms with van der Waals surface area (Å²) in [6, 6.07) is 10.3. The van der Waals surface area contributed by atoms with Crippen molar-refractivity contribution in [2.75, 3.05) is 19.6 Å². The fraction of sp³-hybridized carbons (Fsp3) is 0.562. The van der Waals surface area contributed by atoms with Gasteiger partial charge in [-0.1, -0.05) is 18.2 Å². The van der Waals surface area contributed by atoms with Crippen molar-refractivity contribution in [1.82, 2.24) is 10.2 Å². The zero-order valence-electron chi connectivity index (χ0n) is 11.3. The second kappa shape index (κ2) is 5.74. The molecule has 2 aliphatic rings. The van der Waals surface area contributed by atoms with Crippen LogP contribution in [0, 0.1) is 5.92 Å². The third-order valence-electron chi connectivity index (χ3n) is 4.43. The normalized spacial score (nSPS) is 27.5. The summed E-state index contributed by atoms with van der Waals surface area (Å²) in [4.78, 5) is 14.5. The van der Waals surface area contributed by atoms with Gasteiger partial charge in [-0.05, 0) is 50.3 Å². The van der Waals surface area contributed by atoms with Crippen molar-refractivity contribution in [3.8, 4) is 0 Å². The molecule has 3 nitrogen and oxygen atoms in total. The highest BCUT2D eigenvalue weighted by Gasteiger charge is 2.31. The molecule has 102 valence electrons. The van der Waals surface area contributed by atoms with E-state index in [0.717, 1.165) is 31.6 Å². The van der Waals surface area contributed by atoms with E-state index in [1.165, 1.54) is 19.3 Å². The zero-order chi connectivity index (χ0) is 13.1. The molecular weight excluding hydrogens is 236 g/mol. The smallest absolute Gasteiger partial charge is 0.253 e. The van der Waals surface area contributed by atoms with Gasteiger partial charge in [-0.15, -0.1) is 0 Å². The fourth-order valence-electron chi connectivity index (χ4n) is 3.40.